The van der Waals surface area contributed by atoms with E-state index in [9.17, 15) is 0 Å². The third-order valence-corrected chi connectivity index (χ3v) is 4.85. The average molecular weight is 297 g/mol. The zero-order valence-electron chi connectivity index (χ0n) is 13.1. The number of nitrogens with one attached hydrogen (secondary N) is 1. The Bertz CT molecular complexity index is 665. The summed E-state index contributed by atoms with van der Waals surface area (Å²) in [5.41, 5.74) is 3.02. The molecular weight excluding hydrogens is 274 g/mol. The zero-order valence-corrected chi connectivity index (χ0v) is 13.1. The number of para-hydroxylation sites is 2. The molecule has 2 aliphatic rings. The second-order valence-electron chi connectivity index (χ2n) is 6.30. The minimum atomic E-state index is 0.662. The number of hydrogen-bond acceptors (Lipinski definition) is 5. The van der Waals surface area contributed by atoms with E-state index < -0.39 is 0 Å². The Balaban J connectivity index is 1.56. The highest BCUT2D eigenvalue weighted by Gasteiger charge is 2.30. The van der Waals surface area contributed by atoms with E-state index in [2.05, 4.69) is 28.1 Å². The van der Waals surface area contributed by atoms with Gasteiger partial charge in [0.2, 0.25) is 0 Å². The number of piperazine rings is 1. The smallest absolute Gasteiger partial charge is 0.150 e. The molecule has 1 N–H and O–H groups in total. The standard InChI is InChI=1S/C17H23N5/c1-13-17(20-16-5-3-2-4-15(16)19-13)22-9-6-14(12-22)21-10-7-18-8-11-21/h2-5,14,18H,6-12H2,1H3. The molecule has 0 saturated carbocycles. The van der Waals surface area contributed by atoms with E-state index in [1.807, 2.05) is 18.2 Å². The van der Waals surface area contributed by atoms with Crippen molar-refractivity contribution < 1.29 is 0 Å². The van der Waals surface area contributed by atoms with E-state index in [0.29, 0.717) is 6.04 Å². The molecule has 5 nitrogen and oxygen atoms in total. The number of rotatable bonds is 2. The fourth-order valence-electron chi connectivity index (χ4n) is 3.66. The molecule has 2 aliphatic heterocycles. The number of aryl methyl sites for hydroxylation is 1. The van der Waals surface area contributed by atoms with Crippen molar-refractivity contribution >= 4 is 16.9 Å². The third-order valence-electron chi connectivity index (χ3n) is 4.85. The Labute approximate surface area is 131 Å². The lowest BCUT2D eigenvalue weighted by atomic mass is 10.2. The summed E-state index contributed by atoms with van der Waals surface area (Å²) in [5.74, 6) is 1.07. The topological polar surface area (TPSA) is 44.3 Å². The molecule has 0 aliphatic carbocycles. The Hall–Kier alpha value is -1.72. The molecule has 1 atom stereocenters. The molecule has 3 heterocycles. The van der Waals surface area contributed by atoms with Gasteiger partial charge in [-0.2, -0.15) is 0 Å². The molecule has 1 aromatic heterocycles. The van der Waals surface area contributed by atoms with Gasteiger partial charge in [-0.1, -0.05) is 12.1 Å². The van der Waals surface area contributed by atoms with Gasteiger partial charge in [-0.05, 0) is 25.5 Å². The summed E-state index contributed by atoms with van der Waals surface area (Å²) in [5, 5.41) is 3.43. The van der Waals surface area contributed by atoms with Gasteiger partial charge in [0.05, 0.1) is 16.7 Å². The highest BCUT2D eigenvalue weighted by molar-refractivity contribution is 5.76. The van der Waals surface area contributed by atoms with Crippen LogP contribution < -0.4 is 10.2 Å². The normalized spacial score (nSPS) is 23.3. The summed E-state index contributed by atoms with van der Waals surface area (Å²) < 4.78 is 0. The van der Waals surface area contributed by atoms with Crippen LogP contribution in [0.2, 0.25) is 0 Å². The minimum Gasteiger partial charge on any atom is -0.353 e. The quantitative estimate of drug-likeness (QED) is 0.908. The van der Waals surface area contributed by atoms with Crippen LogP contribution in [0.25, 0.3) is 11.0 Å². The first-order valence-electron chi connectivity index (χ1n) is 8.24. The average Bonchev–Trinajstić information content (AvgIpc) is 3.05. The largest absolute Gasteiger partial charge is 0.353 e. The van der Waals surface area contributed by atoms with Crippen molar-refractivity contribution in [1.29, 1.82) is 0 Å². The maximum absolute atomic E-state index is 4.87. The lowest BCUT2D eigenvalue weighted by Gasteiger charge is -2.32. The van der Waals surface area contributed by atoms with Crippen LogP contribution in [0.15, 0.2) is 24.3 Å². The summed E-state index contributed by atoms with van der Waals surface area (Å²) in [6, 6.07) is 8.80. The van der Waals surface area contributed by atoms with Gasteiger partial charge in [0.15, 0.2) is 5.82 Å². The first kappa shape index (κ1) is 13.9. The predicted molar refractivity (Wildman–Crippen MR) is 89.3 cm³/mol. The Kier molecular flexibility index (Phi) is 3.68. The molecule has 1 unspecified atom stereocenters. The molecule has 0 radical (unpaired) electrons. The summed E-state index contributed by atoms with van der Waals surface area (Å²) in [6.07, 6.45) is 1.23. The van der Waals surface area contributed by atoms with Crippen molar-refractivity contribution in [2.75, 3.05) is 44.2 Å². The van der Waals surface area contributed by atoms with Crippen LogP contribution in [0.5, 0.6) is 0 Å². The number of aromatic nitrogens is 2. The van der Waals surface area contributed by atoms with Crippen molar-refractivity contribution in [3.05, 3.63) is 30.0 Å². The van der Waals surface area contributed by atoms with E-state index >= 15 is 0 Å². The van der Waals surface area contributed by atoms with Crippen LogP contribution in [-0.4, -0.2) is 60.2 Å². The fraction of sp³-hybridized carbons (Fsp3) is 0.529. The second-order valence-corrected chi connectivity index (χ2v) is 6.30. The van der Waals surface area contributed by atoms with Gasteiger partial charge in [0.25, 0.3) is 0 Å². The monoisotopic (exact) mass is 297 g/mol. The van der Waals surface area contributed by atoms with Gasteiger partial charge in [0.1, 0.15) is 0 Å². The van der Waals surface area contributed by atoms with Crippen LogP contribution in [0.3, 0.4) is 0 Å². The van der Waals surface area contributed by atoms with Gasteiger partial charge < -0.3 is 10.2 Å². The van der Waals surface area contributed by atoms with Gasteiger partial charge in [0, 0.05) is 45.3 Å². The van der Waals surface area contributed by atoms with Crippen molar-refractivity contribution in [3.8, 4) is 0 Å². The van der Waals surface area contributed by atoms with Crippen LogP contribution in [-0.2, 0) is 0 Å². The van der Waals surface area contributed by atoms with E-state index in [1.54, 1.807) is 0 Å². The molecule has 0 spiro atoms. The maximum Gasteiger partial charge on any atom is 0.150 e. The molecule has 22 heavy (non-hydrogen) atoms. The van der Waals surface area contributed by atoms with Crippen molar-refractivity contribution in [3.63, 3.8) is 0 Å². The zero-order chi connectivity index (χ0) is 14.9. The minimum absolute atomic E-state index is 0.662. The van der Waals surface area contributed by atoms with E-state index in [0.717, 1.165) is 48.7 Å². The Morgan fingerprint density at radius 2 is 1.77 bits per heavy atom. The number of anilines is 1. The van der Waals surface area contributed by atoms with Gasteiger partial charge >= 0.3 is 0 Å². The lowest BCUT2D eigenvalue weighted by Crippen LogP contribution is -2.49. The summed E-state index contributed by atoms with van der Waals surface area (Å²) in [7, 11) is 0. The highest BCUT2D eigenvalue weighted by Crippen LogP contribution is 2.25. The van der Waals surface area contributed by atoms with Crippen molar-refractivity contribution in [2.24, 2.45) is 0 Å². The molecule has 2 fully saturated rings. The highest BCUT2D eigenvalue weighted by atomic mass is 15.3. The molecule has 5 heteroatoms. The third kappa shape index (κ3) is 2.55. The van der Waals surface area contributed by atoms with E-state index in [1.165, 1.54) is 19.5 Å². The molecule has 2 aromatic rings. The molecule has 1 aromatic carbocycles. The van der Waals surface area contributed by atoms with Crippen LogP contribution >= 0.6 is 0 Å². The predicted octanol–water partition coefficient (Wildman–Crippen LogP) is 1.42. The van der Waals surface area contributed by atoms with E-state index in [-0.39, 0.29) is 0 Å². The number of hydrogen-bond donors (Lipinski definition) is 1. The van der Waals surface area contributed by atoms with Crippen molar-refractivity contribution in [1.82, 2.24) is 20.2 Å². The second kappa shape index (κ2) is 5.82. The maximum atomic E-state index is 4.87. The van der Waals surface area contributed by atoms with E-state index in [4.69, 9.17) is 9.97 Å². The SMILES string of the molecule is Cc1nc2ccccc2nc1N1CCC(N2CCNCC2)C1. The summed E-state index contributed by atoms with van der Waals surface area (Å²) in [4.78, 5) is 14.6. The number of benzene rings is 1. The molecule has 4 rings (SSSR count). The summed E-state index contributed by atoms with van der Waals surface area (Å²) >= 11 is 0. The first-order valence-corrected chi connectivity index (χ1v) is 8.24. The molecular formula is C17H23N5. The van der Waals surface area contributed by atoms with Gasteiger partial charge in [-0.15, -0.1) is 0 Å². The van der Waals surface area contributed by atoms with Crippen LogP contribution in [0.1, 0.15) is 12.1 Å². The lowest BCUT2D eigenvalue weighted by molar-refractivity contribution is 0.185. The number of nitrogens with zero attached hydrogens (tertiary/aromatic N) is 4. The fourth-order valence-corrected chi connectivity index (χ4v) is 3.66. The first-order chi connectivity index (χ1) is 10.8. The number of fused-ring (bicyclic) bond motifs is 1. The van der Waals surface area contributed by atoms with Gasteiger partial charge in [-0.3, -0.25) is 4.90 Å². The van der Waals surface area contributed by atoms with Crippen LogP contribution in [0, 0.1) is 6.92 Å². The molecule has 0 amide bonds. The van der Waals surface area contributed by atoms with Gasteiger partial charge in [-0.25, -0.2) is 9.97 Å². The molecule has 0 bridgehead atoms. The van der Waals surface area contributed by atoms with Crippen molar-refractivity contribution in [2.45, 2.75) is 19.4 Å². The molecule has 2 saturated heterocycles. The van der Waals surface area contributed by atoms with Crippen LogP contribution in [0.4, 0.5) is 5.82 Å². The Morgan fingerprint density at radius 3 is 2.55 bits per heavy atom. The summed E-state index contributed by atoms with van der Waals surface area (Å²) in [6.45, 7) is 8.81. The molecule has 116 valence electrons. The Morgan fingerprint density at radius 1 is 1.05 bits per heavy atom.